The molecule has 1 saturated carbocycles. The number of rotatable bonds is 11. The lowest BCUT2D eigenvalue weighted by Crippen LogP contribution is -2.65. The summed E-state index contributed by atoms with van der Waals surface area (Å²) in [6.07, 6.45) is 12.4. The summed E-state index contributed by atoms with van der Waals surface area (Å²) in [5.74, 6) is 1.09. The van der Waals surface area contributed by atoms with Gasteiger partial charge in [0, 0.05) is 12.0 Å². The normalized spacial score (nSPS) is 26.7. The second kappa shape index (κ2) is 11.4. The number of hydrogen-bond donors (Lipinski definition) is 1. The molecule has 3 atom stereocenters. The van der Waals surface area contributed by atoms with Crippen molar-refractivity contribution in [3.63, 3.8) is 0 Å². The van der Waals surface area contributed by atoms with Crippen LogP contribution < -0.4 is 5.32 Å². The summed E-state index contributed by atoms with van der Waals surface area (Å²) in [5, 5.41) is 3.78. The van der Waals surface area contributed by atoms with Gasteiger partial charge in [0.05, 0.1) is 12.9 Å². The fourth-order valence-electron chi connectivity index (χ4n) is 6.51. The summed E-state index contributed by atoms with van der Waals surface area (Å²) in [7, 11) is -0.554. The minimum atomic E-state index is -2.09. The highest BCUT2D eigenvalue weighted by Crippen LogP contribution is 2.49. The number of fused-ring (bicyclic) bond motifs is 1. The SMILES string of the molecule is CCCCCC[C@H]1C=C(O[Si](C(C)C)(C(C)C)C(C)C)[C@H]2CCCC[C@@]2(C(=O)OC)N1. The van der Waals surface area contributed by atoms with Crippen molar-refractivity contribution < 1.29 is 14.0 Å². The minimum Gasteiger partial charge on any atom is -0.546 e. The van der Waals surface area contributed by atoms with Crippen molar-refractivity contribution in [3.05, 3.63) is 11.8 Å². The summed E-state index contributed by atoms with van der Waals surface area (Å²) in [4.78, 5) is 13.2. The zero-order chi connectivity index (χ0) is 23.2. The molecule has 0 unspecified atom stereocenters. The number of methoxy groups -OCH3 is 1. The monoisotopic (exact) mass is 451 g/mol. The van der Waals surface area contributed by atoms with Gasteiger partial charge in [0.2, 0.25) is 0 Å². The lowest BCUT2D eigenvalue weighted by atomic mass is 9.69. The molecule has 1 heterocycles. The smallest absolute Gasteiger partial charge is 0.326 e. The molecule has 1 fully saturated rings. The number of carbonyl (C=O) groups excluding carboxylic acids is 1. The Balaban J connectivity index is 2.46. The Morgan fingerprint density at radius 2 is 1.74 bits per heavy atom. The molecule has 0 radical (unpaired) electrons. The largest absolute Gasteiger partial charge is 0.546 e. The van der Waals surface area contributed by atoms with Crippen LogP contribution in [0.2, 0.25) is 16.6 Å². The van der Waals surface area contributed by atoms with Gasteiger partial charge in [0.15, 0.2) is 0 Å². The van der Waals surface area contributed by atoms with Crippen LogP contribution in [0.3, 0.4) is 0 Å². The molecule has 1 aliphatic heterocycles. The Kier molecular flexibility index (Phi) is 9.69. The lowest BCUT2D eigenvalue weighted by molar-refractivity contribution is -0.154. The van der Waals surface area contributed by atoms with Crippen LogP contribution in [-0.2, 0) is 14.0 Å². The van der Waals surface area contributed by atoms with Gasteiger partial charge in [0.25, 0.3) is 8.32 Å². The Morgan fingerprint density at radius 3 is 2.29 bits per heavy atom. The van der Waals surface area contributed by atoms with Crippen molar-refractivity contribution in [1.29, 1.82) is 0 Å². The van der Waals surface area contributed by atoms with Crippen LogP contribution in [0.4, 0.5) is 0 Å². The second-order valence-corrected chi connectivity index (χ2v) is 16.2. The van der Waals surface area contributed by atoms with E-state index in [4.69, 9.17) is 9.16 Å². The summed E-state index contributed by atoms with van der Waals surface area (Å²) in [6, 6.07) is 0.179. The summed E-state index contributed by atoms with van der Waals surface area (Å²) in [6.45, 7) is 16.3. The van der Waals surface area contributed by atoms with Crippen molar-refractivity contribution >= 4 is 14.3 Å². The molecule has 0 aromatic rings. The Labute approximate surface area is 193 Å². The van der Waals surface area contributed by atoms with Gasteiger partial charge in [-0.15, -0.1) is 0 Å². The Bertz CT molecular complexity index is 594. The van der Waals surface area contributed by atoms with Gasteiger partial charge in [-0.3, -0.25) is 10.1 Å². The molecule has 1 N–H and O–H groups in total. The number of carbonyl (C=O) groups is 1. The summed E-state index contributed by atoms with van der Waals surface area (Å²) in [5.41, 5.74) is 0.921. The molecule has 0 spiro atoms. The van der Waals surface area contributed by atoms with E-state index >= 15 is 0 Å². The lowest BCUT2D eigenvalue weighted by Gasteiger charge is -2.51. The van der Waals surface area contributed by atoms with Crippen molar-refractivity contribution in [2.45, 2.75) is 134 Å². The summed E-state index contributed by atoms with van der Waals surface area (Å²) >= 11 is 0. The number of nitrogens with one attached hydrogen (secondary N) is 1. The molecule has 31 heavy (non-hydrogen) atoms. The molecule has 4 nitrogen and oxygen atoms in total. The van der Waals surface area contributed by atoms with E-state index in [-0.39, 0.29) is 17.9 Å². The van der Waals surface area contributed by atoms with E-state index in [9.17, 15) is 4.79 Å². The molecule has 0 aromatic carbocycles. The minimum absolute atomic E-state index is 0.0868. The maximum atomic E-state index is 13.2. The average molecular weight is 452 g/mol. The van der Waals surface area contributed by atoms with Crippen molar-refractivity contribution in [3.8, 4) is 0 Å². The quantitative estimate of drug-likeness (QED) is 0.207. The zero-order valence-corrected chi connectivity index (χ0v) is 22.6. The molecule has 0 saturated heterocycles. The van der Waals surface area contributed by atoms with E-state index in [1.165, 1.54) is 32.8 Å². The van der Waals surface area contributed by atoms with Crippen molar-refractivity contribution in [2.24, 2.45) is 5.92 Å². The van der Waals surface area contributed by atoms with Gasteiger partial charge in [0.1, 0.15) is 5.54 Å². The molecule has 0 aromatic heterocycles. The van der Waals surface area contributed by atoms with Gasteiger partial charge in [-0.05, 0) is 42.0 Å². The van der Waals surface area contributed by atoms with Gasteiger partial charge >= 0.3 is 5.97 Å². The van der Waals surface area contributed by atoms with Gasteiger partial charge < -0.3 is 9.16 Å². The third-order valence-electron chi connectivity index (χ3n) is 7.98. The van der Waals surface area contributed by atoms with Crippen LogP contribution in [0.15, 0.2) is 11.8 Å². The third-order valence-corrected chi connectivity index (χ3v) is 14.0. The molecule has 1 aliphatic carbocycles. The maximum absolute atomic E-state index is 13.2. The van der Waals surface area contributed by atoms with E-state index in [1.807, 2.05) is 0 Å². The molecule has 2 aliphatic rings. The highest BCUT2D eigenvalue weighted by molar-refractivity contribution is 6.77. The molecule has 180 valence electrons. The van der Waals surface area contributed by atoms with Crippen LogP contribution in [0, 0.1) is 5.92 Å². The zero-order valence-electron chi connectivity index (χ0n) is 21.6. The van der Waals surface area contributed by atoms with Crippen molar-refractivity contribution in [1.82, 2.24) is 5.32 Å². The van der Waals surface area contributed by atoms with E-state index < -0.39 is 13.9 Å². The first-order chi connectivity index (χ1) is 14.7. The van der Waals surface area contributed by atoms with E-state index in [2.05, 4.69) is 59.9 Å². The second-order valence-electron chi connectivity index (χ2n) is 10.9. The first-order valence-electron chi connectivity index (χ1n) is 12.9. The number of ether oxygens (including phenoxy) is 1. The van der Waals surface area contributed by atoms with Gasteiger partial charge in [-0.25, -0.2) is 0 Å². The number of unbranched alkanes of at least 4 members (excludes halogenated alkanes) is 3. The first kappa shape index (κ1) is 26.4. The fraction of sp³-hybridized carbons (Fsp3) is 0.885. The van der Waals surface area contributed by atoms with Gasteiger partial charge in [-0.2, -0.15) is 0 Å². The first-order valence-corrected chi connectivity index (χ1v) is 15.1. The fourth-order valence-corrected chi connectivity index (χ4v) is 11.8. The van der Waals surface area contributed by atoms with Crippen LogP contribution in [0.25, 0.3) is 0 Å². The summed E-state index contributed by atoms with van der Waals surface area (Å²) < 4.78 is 12.7. The van der Waals surface area contributed by atoms with Crippen LogP contribution in [0.1, 0.15) is 106 Å². The standard InChI is InChI=1S/C26H49NO3Si/c1-9-10-11-12-15-22-18-24(30-31(19(2)3,20(4)5)21(6)7)23-16-13-14-17-26(23,27-22)25(28)29-8/h18-23,27H,9-17H2,1-8H3/t22-,23+,26+/m0/s1. The van der Waals surface area contributed by atoms with E-state index in [0.29, 0.717) is 16.6 Å². The third kappa shape index (κ3) is 5.40. The van der Waals surface area contributed by atoms with Crippen LogP contribution >= 0.6 is 0 Å². The van der Waals surface area contributed by atoms with Crippen LogP contribution in [-0.4, -0.2) is 33.0 Å². The molecule has 0 amide bonds. The maximum Gasteiger partial charge on any atom is 0.326 e. The predicted molar refractivity (Wildman–Crippen MR) is 133 cm³/mol. The number of hydrogen-bond acceptors (Lipinski definition) is 4. The molecule has 0 bridgehead atoms. The van der Waals surface area contributed by atoms with Gasteiger partial charge in [-0.1, -0.05) is 87.0 Å². The molecular formula is C26H49NO3Si. The Morgan fingerprint density at radius 1 is 1.10 bits per heavy atom. The van der Waals surface area contributed by atoms with Crippen LogP contribution in [0.5, 0.6) is 0 Å². The topological polar surface area (TPSA) is 47.6 Å². The van der Waals surface area contributed by atoms with E-state index in [0.717, 1.165) is 37.9 Å². The Hall–Kier alpha value is -0.813. The molecule has 5 heteroatoms. The molecule has 2 rings (SSSR count). The highest BCUT2D eigenvalue weighted by atomic mass is 28.4. The number of esters is 1. The highest BCUT2D eigenvalue weighted by Gasteiger charge is 2.56. The average Bonchev–Trinajstić information content (AvgIpc) is 2.73. The van der Waals surface area contributed by atoms with Crippen molar-refractivity contribution in [2.75, 3.05) is 7.11 Å². The predicted octanol–water partition coefficient (Wildman–Crippen LogP) is 7.11. The molecular weight excluding hydrogens is 402 g/mol. The van der Waals surface area contributed by atoms with E-state index in [1.54, 1.807) is 0 Å².